The third-order valence-electron chi connectivity index (χ3n) is 6.90. The predicted octanol–water partition coefficient (Wildman–Crippen LogP) is 2.47. The Balaban J connectivity index is 1.40. The van der Waals surface area contributed by atoms with E-state index in [4.69, 9.17) is 9.73 Å². The van der Waals surface area contributed by atoms with Gasteiger partial charge in [0.2, 0.25) is 11.6 Å². The molecule has 7 rings (SSSR count). The Kier molecular flexibility index (Phi) is 4.90. The lowest BCUT2D eigenvalue weighted by molar-refractivity contribution is 0.0871. The summed E-state index contributed by atoms with van der Waals surface area (Å²) in [6, 6.07) is 24.1. The number of imidazole rings is 1. The van der Waals surface area contributed by atoms with Crippen LogP contribution < -0.4 is 21.3 Å². The lowest BCUT2D eigenvalue weighted by Gasteiger charge is -2.08. The number of H-pyrrole nitrogens is 1. The summed E-state index contributed by atoms with van der Waals surface area (Å²) in [5.74, 6) is 0.783. The molecule has 0 fully saturated rings. The van der Waals surface area contributed by atoms with Crippen molar-refractivity contribution in [2.45, 2.75) is 12.5 Å². The van der Waals surface area contributed by atoms with Gasteiger partial charge in [-0.3, -0.25) is 9.59 Å². The first kappa shape index (κ1) is 22.1. The molecule has 0 spiro atoms. The zero-order chi connectivity index (χ0) is 25.8. The maximum absolute atomic E-state index is 13.7. The SMILES string of the molecule is COc1ccc(/C=c2\nc3n(-c4ccccc4)c4n(n-3c2=O)C(=O)C(Cc2c[nH]c3ccccc23)N=4)cc1. The average molecular weight is 503 g/mol. The first-order chi connectivity index (χ1) is 18.6. The van der Waals surface area contributed by atoms with Crippen LogP contribution in [-0.4, -0.2) is 43.0 Å². The molecule has 4 heterocycles. The van der Waals surface area contributed by atoms with Crippen LogP contribution in [0, 0.1) is 0 Å². The van der Waals surface area contributed by atoms with Crippen molar-refractivity contribution < 1.29 is 9.53 Å². The molecule has 0 saturated heterocycles. The molecule has 3 aliphatic heterocycles. The monoisotopic (exact) mass is 502 g/mol. The number of hydrogen-bond acceptors (Lipinski definition) is 5. The molecule has 0 bridgehead atoms. The number of hydrogen-bond donors (Lipinski definition) is 1. The highest BCUT2D eigenvalue weighted by Crippen LogP contribution is 2.22. The van der Waals surface area contributed by atoms with Gasteiger partial charge in [-0.1, -0.05) is 48.5 Å². The Hall–Kier alpha value is -5.18. The Bertz CT molecular complexity index is 1980. The van der Waals surface area contributed by atoms with Gasteiger partial charge in [-0.25, -0.2) is 14.5 Å². The number of nitrogens with one attached hydrogen (secondary N) is 1. The van der Waals surface area contributed by atoms with Crippen molar-refractivity contribution in [1.82, 2.24) is 23.9 Å². The van der Waals surface area contributed by atoms with Crippen LogP contribution in [0.3, 0.4) is 0 Å². The number of aromatic amines is 1. The van der Waals surface area contributed by atoms with Crippen LogP contribution in [0.1, 0.15) is 15.9 Å². The van der Waals surface area contributed by atoms with E-state index in [9.17, 15) is 9.59 Å². The number of methoxy groups -OCH3 is 1. The molecule has 3 aromatic carbocycles. The Morgan fingerprint density at radius 3 is 2.50 bits per heavy atom. The summed E-state index contributed by atoms with van der Waals surface area (Å²) in [6.07, 6.45) is 4.03. The number of benzene rings is 3. The Morgan fingerprint density at radius 1 is 0.947 bits per heavy atom. The molecule has 3 aliphatic rings. The van der Waals surface area contributed by atoms with E-state index >= 15 is 0 Å². The van der Waals surface area contributed by atoms with Gasteiger partial charge in [0.25, 0.3) is 11.5 Å². The first-order valence-corrected chi connectivity index (χ1v) is 12.2. The zero-order valence-corrected chi connectivity index (χ0v) is 20.4. The van der Waals surface area contributed by atoms with Crippen molar-refractivity contribution in [2.24, 2.45) is 4.99 Å². The van der Waals surface area contributed by atoms with E-state index in [0.717, 1.165) is 33.5 Å². The van der Waals surface area contributed by atoms with Gasteiger partial charge in [0.1, 0.15) is 17.1 Å². The molecule has 1 unspecified atom stereocenters. The van der Waals surface area contributed by atoms with E-state index in [0.29, 0.717) is 18.0 Å². The number of carbonyl (C=O) groups excluding carboxylic acids is 1. The van der Waals surface area contributed by atoms with Crippen molar-refractivity contribution >= 4 is 22.9 Å². The molecule has 9 nitrogen and oxygen atoms in total. The predicted molar refractivity (Wildman–Crippen MR) is 142 cm³/mol. The van der Waals surface area contributed by atoms with Gasteiger partial charge in [0.15, 0.2) is 0 Å². The minimum absolute atomic E-state index is 0.234. The number of aromatic nitrogens is 5. The molecule has 0 amide bonds. The highest BCUT2D eigenvalue weighted by atomic mass is 16.5. The maximum Gasteiger partial charge on any atom is 0.299 e. The molecule has 1 N–H and O–H groups in total. The molecule has 1 atom stereocenters. The van der Waals surface area contributed by atoms with Crippen LogP contribution in [0.5, 0.6) is 5.75 Å². The number of carbonyl (C=O) groups is 1. The van der Waals surface area contributed by atoms with E-state index in [1.54, 1.807) is 17.8 Å². The minimum atomic E-state index is -0.667. The molecule has 9 heteroatoms. The zero-order valence-electron chi connectivity index (χ0n) is 20.4. The van der Waals surface area contributed by atoms with Crippen LogP contribution in [-0.2, 0) is 6.42 Å². The molecule has 0 aliphatic carbocycles. The molecule has 186 valence electrons. The fraction of sp³-hybridized carbons (Fsp3) is 0.103. The minimum Gasteiger partial charge on any atom is -0.497 e. The highest BCUT2D eigenvalue weighted by molar-refractivity contribution is 5.88. The van der Waals surface area contributed by atoms with E-state index < -0.39 is 6.04 Å². The number of rotatable bonds is 5. The van der Waals surface area contributed by atoms with Crippen LogP contribution >= 0.6 is 0 Å². The van der Waals surface area contributed by atoms with Crippen molar-refractivity contribution in [3.05, 3.63) is 118 Å². The van der Waals surface area contributed by atoms with Gasteiger partial charge in [0.05, 0.1) is 12.8 Å². The number of ether oxygens (including phenoxy) is 1. The molecule has 38 heavy (non-hydrogen) atoms. The van der Waals surface area contributed by atoms with Crippen LogP contribution in [0.15, 0.2) is 94.8 Å². The normalized spacial score (nSPS) is 15.3. The average Bonchev–Trinajstić information content (AvgIpc) is 3.67. The van der Waals surface area contributed by atoms with Crippen molar-refractivity contribution in [2.75, 3.05) is 7.11 Å². The Morgan fingerprint density at radius 2 is 1.71 bits per heavy atom. The van der Waals surface area contributed by atoms with Gasteiger partial charge in [-0.05, 0) is 47.5 Å². The van der Waals surface area contributed by atoms with Crippen LogP contribution in [0.4, 0.5) is 0 Å². The lowest BCUT2D eigenvalue weighted by atomic mass is 10.1. The second-order valence-corrected chi connectivity index (χ2v) is 9.16. The standard InChI is InChI=1S/C29H22N6O3/c1-38-21-13-11-18(12-14-21)15-24-26(36)34-28(31-24)33(20-7-3-2-4-8-20)29-32-25(27(37)35(29)34)16-19-17-30-23-10-6-5-9-22(19)23/h2-15,17,25,30H,16H2,1H3/b24-15-. The number of para-hydroxylation sites is 2. The fourth-order valence-electron chi connectivity index (χ4n) is 5.05. The molecule has 0 radical (unpaired) electrons. The second kappa shape index (κ2) is 8.45. The van der Waals surface area contributed by atoms with E-state index in [2.05, 4.69) is 9.97 Å². The van der Waals surface area contributed by atoms with Crippen molar-refractivity contribution in [1.29, 1.82) is 0 Å². The summed E-state index contributed by atoms with van der Waals surface area (Å²) in [4.78, 5) is 40.1. The van der Waals surface area contributed by atoms with Gasteiger partial charge >= 0.3 is 0 Å². The maximum atomic E-state index is 13.7. The molecular weight excluding hydrogens is 480 g/mol. The third-order valence-corrected chi connectivity index (χ3v) is 6.90. The quantitative estimate of drug-likeness (QED) is 0.392. The van der Waals surface area contributed by atoms with Crippen LogP contribution in [0.25, 0.3) is 28.6 Å². The molecular formula is C29H22N6O3. The molecule has 0 saturated carbocycles. The topological polar surface area (TPSA) is 99.2 Å². The molecule has 1 aromatic heterocycles. The smallest absolute Gasteiger partial charge is 0.299 e. The van der Waals surface area contributed by atoms with Gasteiger partial charge < -0.3 is 9.72 Å². The van der Waals surface area contributed by atoms with Gasteiger partial charge in [-0.2, -0.15) is 9.36 Å². The van der Waals surface area contributed by atoms with Crippen molar-refractivity contribution in [3.8, 4) is 17.4 Å². The summed E-state index contributed by atoms with van der Waals surface area (Å²) < 4.78 is 9.68. The van der Waals surface area contributed by atoms with Crippen molar-refractivity contribution in [3.63, 3.8) is 0 Å². The highest BCUT2D eigenvalue weighted by Gasteiger charge is 2.36. The first-order valence-electron chi connectivity index (χ1n) is 12.2. The number of fused-ring (bicyclic) bond motifs is 4. The fourth-order valence-corrected chi connectivity index (χ4v) is 5.05. The third kappa shape index (κ3) is 3.32. The largest absolute Gasteiger partial charge is 0.497 e. The van der Waals surface area contributed by atoms with E-state index in [1.165, 1.54) is 9.36 Å². The van der Waals surface area contributed by atoms with Gasteiger partial charge in [-0.15, -0.1) is 0 Å². The summed E-state index contributed by atoms with van der Waals surface area (Å²) in [5.41, 5.74) is 3.55. The summed E-state index contributed by atoms with van der Waals surface area (Å²) >= 11 is 0. The summed E-state index contributed by atoms with van der Waals surface area (Å²) in [5, 5.41) is 1.29. The van der Waals surface area contributed by atoms with Gasteiger partial charge in [0, 0.05) is 23.5 Å². The molecule has 4 aromatic rings. The van der Waals surface area contributed by atoms with Crippen LogP contribution in [0.2, 0.25) is 0 Å². The Labute approximate surface area is 215 Å². The van der Waals surface area contributed by atoms with E-state index in [1.807, 2.05) is 85.1 Å². The summed E-state index contributed by atoms with van der Waals surface area (Å²) in [6.45, 7) is 0. The number of nitrogens with zero attached hydrogens (tertiary/aromatic N) is 5. The van der Waals surface area contributed by atoms with E-state index in [-0.39, 0.29) is 16.8 Å². The lowest BCUT2D eigenvalue weighted by Crippen LogP contribution is -2.37. The second-order valence-electron chi connectivity index (χ2n) is 9.16. The summed E-state index contributed by atoms with van der Waals surface area (Å²) in [7, 11) is 1.60.